The van der Waals surface area contributed by atoms with Gasteiger partial charge in [-0.05, 0) is 31.1 Å². The van der Waals surface area contributed by atoms with Crippen molar-refractivity contribution >= 4 is 0 Å². The normalized spacial score (nSPS) is 26.8. The van der Waals surface area contributed by atoms with Crippen molar-refractivity contribution in [2.45, 2.75) is 46.0 Å². The van der Waals surface area contributed by atoms with Crippen molar-refractivity contribution in [2.24, 2.45) is 10.8 Å². The van der Waals surface area contributed by atoms with Crippen LogP contribution in [-0.2, 0) is 9.47 Å². The van der Waals surface area contributed by atoms with Gasteiger partial charge in [-0.3, -0.25) is 0 Å². The number of ether oxygens (including phenoxy) is 2. The summed E-state index contributed by atoms with van der Waals surface area (Å²) >= 11 is 0. The van der Waals surface area contributed by atoms with E-state index in [1.165, 1.54) is 32.1 Å². The molecule has 2 heteroatoms. The average Bonchev–Trinajstić information content (AvgIpc) is 2.14. The lowest BCUT2D eigenvalue weighted by atomic mass is 9.67. The lowest BCUT2D eigenvalue weighted by molar-refractivity contribution is -0.161. The fraction of sp³-hybridized carbons (Fsp3) is 1.00. The maximum absolute atomic E-state index is 5.95. The van der Waals surface area contributed by atoms with E-state index in [0.29, 0.717) is 10.8 Å². The smallest absolute Gasteiger partial charge is 0.0566 e. The highest BCUT2D eigenvalue weighted by molar-refractivity contribution is 4.88. The summed E-state index contributed by atoms with van der Waals surface area (Å²) in [5.74, 6) is 0. The Morgan fingerprint density at radius 2 is 1.60 bits per heavy atom. The Labute approximate surface area is 93.3 Å². The molecule has 0 spiro atoms. The van der Waals surface area contributed by atoms with Crippen molar-refractivity contribution in [3.63, 3.8) is 0 Å². The van der Waals surface area contributed by atoms with Gasteiger partial charge in [0, 0.05) is 5.41 Å². The maximum atomic E-state index is 5.95. The molecule has 0 N–H and O–H groups in total. The van der Waals surface area contributed by atoms with E-state index in [1.807, 2.05) is 0 Å². The van der Waals surface area contributed by atoms with Gasteiger partial charge in [0.25, 0.3) is 0 Å². The van der Waals surface area contributed by atoms with Gasteiger partial charge in [0.1, 0.15) is 0 Å². The molecular weight excluding hydrogens is 188 g/mol. The molecule has 2 aliphatic rings. The fourth-order valence-electron chi connectivity index (χ4n) is 2.54. The van der Waals surface area contributed by atoms with Crippen LogP contribution in [0.15, 0.2) is 0 Å². The van der Waals surface area contributed by atoms with Crippen LogP contribution in [0.5, 0.6) is 0 Å². The fourth-order valence-corrected chi connectivity index (χ4v) is 2.54. The standard InChI is InChI=1S/C13H24O2/c1-3-12(6-5-7-12)8-14-9-13(4-2)10-15-11-13/h3-11H2,1-2H3. The summed E-state index contributed by atoms with van der Waals surface area (Å²) in [4.78, 5) is 0. The van der Waals surface area contributed by atoms with Crippen LogP contribution >= 0.6 is 0 Å². The van der Waals surface area contributed by atoms with Gasteiger partial charge < -0.3 is 9.47 Å². The lowest BCUT2D eigenvalue weighted by Crippen LogP contribution is -2.46. The zero-order chi connectivity index (χ0) is 10.8. The molecule has 0 bridgehead atoms. The molecule has 1 aliphatic heterocycles. The second kappa shape index (κ2) is 4.42. The van der Waals surface area contributed by atoms with E-state index in [1.54, 1.807) is 0 Å². The SMILES string of the molecule is CCC1(COCC2(CC)COC2)CCC1. The predicted molar refractivity (Wildman–Crippen MR) is 60.9 cm³/mol. The molecule has 2 rings (SSSR count). The van der Waals surface area contributed by atoms with Crippen LogP contribution in [-0.4, -0.2) is 26.4 Å². The van der Waals surface area contributed by atoms with Crippen LogP contribution in [0.25, 0.3) is 0 Å². The molecule has 0 unspecified atom stereocenters. The Morgan fingerprint density at radius 1 is 1.00 bits per heavy atom. The third kappa shape index (κ3) is 2.21. The average molecular weight is 212 g/mol. The van der Waals surface area contributed by atoms with Crippen molar-refractivity contribution in [2.75, 3.05) is 26.4 Å². The molecule has 0 amide bonds. The molecule has 88 valence electrons. The number of hydrogen-bond acceptors (Lipinski definition) is 2. The van der Waals surface area contributed by atoms with E-state index in [4.69, 9.17) is 9.47 Å². The van der Waals surface area contributed by atoms with Gasteiger partial charge in [0.2, 0.25) is 0 Å². The first-order valence-corrected chi connectivity index (χ1v) is 6.40. The Kier molecular flexibility index (Phi) is 3.36. The summed E-state index contributed by atoms with van der Waals surface area (Å²) in [5.41, 5.74) is 0.901. The van der Waals surface area contributed by atoms with E-state index in [-0.39, 0.29) is 0 Å². The van der Waals surface area contributed by atoms with Crippen LogP contribution in [0, 0.1) is 10.8 Å². The first-order chi connectivity index (χ1) is 7.24. The van der Waals surface area contributed by atoms with Gasteiger partial charge in [-0.15, -0.1) is 0 Å². The molecule has 1 saturated carbocycles. The van der Waals surface area contributed by atoms with Gasteiger partial charge in [0.05, 0.1) is 26.4 Å². The molecule has 0 aromatic heterocycles. The summed E-state index contributed by atoms with van der Waals surface area (Å²) < 4.78 is 11.2. The molecule has 2 fully saturated rings. The van der Waals surface area contributed by atoms with E-state index in [2.05, 4.69) is 13.8 Å². The minimum Gasteiger partial charge on any atom is -0.380 e. The summed E-state index contributed by atoms with van der Waals surface area (Å²) in [6.07, 6.45) is 6.62. The molecule has 0 radical (unpaired) electrons. The number of hydrogen-bond donors (Lipinski definition) is 0. The highest BCUT2D eigenvalue weighted by Gasteiger charge is 2.39. The highest BCUT2D eigenvalue weighted by atomic mass is 16.5. The first kappa shape index (κ1) is 11.4. The number of rotatable bonds is 6. The topological polar surface area (TPSA) is 18.5 Å². The zero-order valence-corrected chi connectivity index (χ0v) is 10.2. The Bertz CT molecular complexity index is 172. The van der Waals surface area contributed by atoms with Gasteiger partial charge in [-0.25, -0.2) is 0 Å². The van der Waals surface area contributed by atoms with Crippen molar-refractivity contribution in [3.05, 3.63) is 0 Å². The van der Waals surface area contributed by atoms with E-state index < -0.39 is 0 Å². The molecule has 1 aliphatic carbocycles. The van der Waals surface area contributed by atoms with Crippen LogP contribution in [0.3, 0.4) is 0 Å². The van der Waals surface area contributed by atoms with Crippen LogP contribution in [0.2, 0.25) is 0 Å². The monoisotopic (exact) mass is 212 g/mol. The van der Waals surface area contributed by atoms with Crippen molar-refractivity contribution in [1.29, 1.82) is 0 Å². The molecule has 0 aromatic carbocycles. The van der Waals surface area contributed by atoms with Crippen molar-refractivity contribution in [3.8, 4) is 0 Å². The molecule has 1 heterocycles. The third-order valence-corrected chi connectivity index (χ3v) is 4.55. The van der Waals surface area contributed by atoms with Crippen molar-refractivity contribution in [1.82, 2.24) is 0 Å². The minimum absolute atomic E-state index is 0.360. The maximum Gasteiger partial charge on any atom is 0.0566 e. The van der Waals surface area contributed by atoms with Gasteiger partial charge in [0.15, 0.2) is 0 Å². The molecular formula is C13H24O2. The summed E-state index contributed by atoms with van der Waals surface area (Å²) in [7, 11) is 0. The molecule has 0 aromatic rings. The molecule has 15 heavy (non-hydrogen) atoms. The van der Waals surface area contributed by atoms with Gasteiger partial charge in [-0.1, -0.05) is 20.3 Å². The first-order valence-electron chi connectivity index (χ1n) is 6.40. The van der Waals surface area contributed by atoms with Crippen LogP contribution in [0.1, 0.15) is 46.0 Å². The summed E-state index contributed by atoms with van der Waals surface area (Å²) in [6.45, 7) is 8.23. The second-order valence-corrected chi connectivity index (χ2v) is 5.55. The van der Waals surface area contributed by atoms with Crippen LogP contribution < -0.4 is 0 Å². The lowest BCUT2D eigenvalue weighted by Gasteiger charge is -2.44. The summed E-state index contributed by atoms with van der Waals surface area (Å²) in [6, 6.07) is 0. The largest absolute Gasteiger partial charge is 0.380 e. The zero-order valence-electron chi connectivity index (χ0n) is 10.2. The Balaban J connectivity index is 1.69. The molecule has 1 saturated heterocycles. The van der Waals surface area contributed by atoms with Crippen LogP contribution in [0.4, 0.5) is 0 Å². The van der Waals surface area contributed by atoms with E-state index in [9.17, 15) is 0 Å². The minimum atomic E-state index is 0.360. The summed E-state index contributed by atoms with van der Waals surface area (Å²) in [5, 5.41) is 0. The van der Waals surface area contributed by atoms with Gasteiger partial charge >= 0.3 is 0 Å². The van der Waals surface area contributed by atoms with Gasteiger partial charge in [-0.2, -0.15) is 0 Å². The predicted octanol–water partition coefficient (Wildman–Crippen LogP) is 3.01. The van der Waals surface area contributed by atoms with Crippen molar-refractivity contribution < 1.29 is 9.47 Å². The third-order valence-electron chi connectivity index (χ3n) is 4.55. The highest BCUT2D eigenvalue weighted by Crippen LogP contribution is 2.44. The Morgan fingerprint density at radius 3 is 1.93 bits per heavy atom. The quantitative estimate of drug-likeness (QED) is 0.674. The molecule has 0 atom stereocenters. The van der Waals surface area contributed by atoms with E-state index >= 15 is 0 Å². The second-order valence-electron chi connectivity index (χ2n) is 5.55. The van der Waals surface area contributed by atoms with E-state index in [0.717, 1.165) is 26.4 Å². The Hall–Kier alpha value is -0.0800. The molecule has 2 nitrogen and oxygen atoms in total.